The highest BCUT2D eigenvalue weighted by atomic mass is 16.3. The molecule has 1 atom stereocenters. The van der Waals surface area contributed by atoms with Crippen molar-refractivity contribution in [3.05, 3.63) is 44.9 Å². The highest BCUT2D eigenvalue weighted by molar-refractivity contribution is 5.76. The van der Waals surface area contributed by atoms with Gasteiger partial charge in [-0.05, 0) is 45.2 Å². The Morgan fingerprint density at radius 2 is 2.15 bits per heavy atom. The van der Waals surface area contributed by atoms with Crippen LogP contribution < -0.4 is 5.69 Å². The summed E-state index contributed by atoms with van der Waals surface area (Å²) in [5.74, 6) is 0.0725. The van der Waals surface area contributed by atoms with E-state index in [0.29, 0.717) is 37.3 Å². The molecule has 3 rings (SSSR count). The number of hydrogen-bond donors (Lipinski definition) is 2. The van der Waals surface area contributed by atoms with E-state index < -0.39 is 6.10 Å². The maximum absolute atomic E-state index is 12.7. The first-order valence-corrected chi connectivity index (χ1v) is 8.94. The third-order valence-electron chi connectivity index (χ3n) is 4.86. The normalized spacial score (nSPS) is 15.5. The van der Waals surface area contributed by atoms with Crippen LogP contribution in [0.4, 0.5) is 0 Å². The number of aliphatic hydroxyl groups excluding tert-OH is 1. The van der Waals surface area contributed by atoms with Gasteiger partial charge in [0.25, 0.3) is 0 Å². The maximum Gasteiger partial charge on any atom is 0.345 e. The minimum atomic E-state index is -0.614. The van der Waals surface area contributed by atoms with E-state index in [2.05, 4.69) is 15.1 Å². The van der Waals surface area contributed by atoms with Crippen LogP contribution in [-0.2, 0) is 24.3 Å². The molecule has 0 bridgehead atoms. The smallest absolute Gasteiger partial charge is 0.345 e. The zero-order valence-corrected chi connectivity index (χ0v) is 15.4. The van der Waals surface area contributed by atoms with Gasteiger partial charge >= 0.3 is 5.69 Å². The fourth-order valence-electron chi connectivity index (χ4n) is 3.41. The number of carbonyl (C=O) groups is 1. The molecule has 0 saturated carbocycles. The molecule has 0 radical (unpaired) electrons. The van der Waals surface area contributed by atoms with Crippen LogP contribution in [0.15, 0.2) is 10.9 Å². The van der Waals surface area contributed by atoms with Crippen molar-refractivity contribution in [1.29, 1.82) is 0 Å². The largest absolute Gasteiger partial charge is 0.387 e. The SMILES string of the molecule is Cc1nc(=O)[nH]c(C)c1CCC(=O)N1CCCn2nc([C@H](C)O)cc2C1. The van der Waals surface area contributed by atoms with Crippen LogP contribution in [0.5, 0.6) is 0 Å². The van der Waals surface area contributed by atoms with Crippen LogP contribution in [0.25, 0.3) is 0 Å². The van der Waals surface area contributed by atoms with E-state index in [1.807, 2.05) is 22.6 Å². The van der Waals surface area contributed by atoms with Crippen LogP contribution in [-0.4, -0.2) is 42.2 Å². The average Bonchev–Trinajstić information content (AvgIpc) is 2.86. The van der Waals surface area contributed by atoms with Gasteiger partial charge in [0.15, 0.2) is 0 Å². The molecule has 0 unspecified atom stereocenters. The fourth-order valence-corrected chi connectivity index (χ4v) is 3.41. The van der Waals surface area contributed by atoms with Crippen LogP contribution in [0.1, 0.15) is 54.2 Å². The van der Waals surface area contributed by atoms with Crippen LogP contribution in [0.2, 0.25) is 0 Å². The van der Waals surface area contributed by atoms with Crippen molar-refractivity contribution in [3.8, 4) is 0 Å². The van der Waals surface area contributed by atoms with Crippen molar-refractivity contribution in [3.63, 3.8) is 0 Å². The van der Waals surface area contributed by atoms with Crippen molar-refractivity contribution in [2.24, 2.45) is 0 Å². The third-order valence-corrected chi connectivity index (χ3v) is 4.86. The monoisotopic (exact) mass is 359 g/mol. The Morgan fingerprint density at radius 3 is 2.85 bits per heavy atom. The van der Waals surface area contributed by atoms with Gasteiger partial charge in [-0.2, -0.15) is 10.1 Å². The van der Waals surface area contributed by atoms with Gasteiger partial charge in [0.2, 0.25) is 5.91 Å². The van der Waals surface area contributed by atoms with E-state index in [4.69, 9.17) is 0 Å². The number of aliphatic hydroxyl groups is 1. The summed E-state index contributed by atoms with van der Waals surface area (Å²) in [4.78, 5) is 32.6. The number of H-pyrrole nitrogens is 1. The molecule has 0 fully saturated rings. The molecule has 1 aliphatic heterocycles. The molecule has 2 aromatic rings. The van der Waals surface area contributed by atoms with Gasteiger partial charge in [-0.1, -0.05) is 0 Å². The first-order chi connectivity index (χ1) is 12.3. The Morgan fingerprint density at radius 1 is 1.38 bits per heavy atom. The molecule has 1 aliphatic rings. The van der Waals surface area contributed by atoms with Gasteiger partial charge in [-0.15, -0.1) is 0 Å². The highest BCUT2D eigenvalue weighted by Crippen LogP contribution is 2.19. The molecule has 3 heterocycles. The molecular weight excluding hydrogens is 334 g/mol. The van der Waals surface area contributed by atoms with E-state index >= 15 is 0 Å². The lowest BCUT2D eigenvalue weighted by atomic mass is 10.1. The number of carbonyl (C=O) groups excluding carboxylic acids is 1. The first-order valence-electron chi connectivity index (χ1n) is 8.94. The van der Waals surface area contributed by atoms with E-state index in [1.165, 1.54) is 0 Å². The summed E-state index contributed by atoms with van der Waals surface area (Å²) in [6, 6.07) is 1.87. The van der Waals surface area contributed by atoms with Gasteiger partial charge in [0.05, 0.1) is 24.0 Å². The number of nitrogens with zero attached hydrogens (tertiary/aromatic N) is 4. The van der Waals surface area contributed by atoms with Crippen LogP contribution in [0, 0.1) is 13.8 Å². The van der Waals surface area contributed by atoms with E-state index in [-0.39, 0.29) is 11.6 Å². The molecule has 8 nitrogen and oxygen atoms in total. The number of aryl methyl sites for hydroxylation is 3. The van der Waals surface area contributed by atoms with Crippen molar-refractivity contribution < 1.29 is 9.90 Å². The van der Waals surface area contributed by atoms with Crippen LogP contribution in [0.3, 0.4) is 0 Å². The average molecular weight is 359 g/mol. The fraction of sp³-hybridized carbons (Fsp3) is 0.556. The summed E-state index contributed by atoms with van der Waals surface area (Å²) in [6.45, 7) is 7.25. The summed E-state index contributed by atoms with van der Waals surface area (Å²) < 4.78 is 1.88. The number of aromatic amines is 1. The molecule has 2 N–H and O–H groups in total. The molecule has 0 saturated heterocycles. The molecular formula is C18H25N5O3. The van der Waals surface area contributed by atoms with Gasteiger partial charge in [-0.3, -0.25) is 9.48 Å². The zero-order valence-electron chi connectivity index (χ0n) is 15.4. The molecule has 140 valence electrons. The number of rotatable bonds is 4. The Kier molecular flexibility index (Phi) is 5.22. The second-order valence-electron chi connectivity index (χ2n) is 6.86. The maximum atomic E-state index is 12.7. The second kappa shape index (κ2) is 7.41. The lowest BCUT2D eigenvalue weighted by Crippen LogP contribution is -2.31. The van der Waals surface area contributed by atoms with Crippen molar-refractivity contribution in [2.45, 2.75) is 59.2 Å². The van der Waals surface area contributed by atoms with Crippen molar-refractivity contribution >= 4 is 5.91 Å². The van der Waals surface area contributed by atoms with Gasteiger partial charge in [0.1, 0.15) is 0 Å². The lowest BCUT2D eigenvalue weighted by Gasteiger charge is -2.20. The van der Waals surface area contributed by atoms with Crippen LogP contribution >= 0.6 is 0 Å². The molecule has 8 heteroatoms. The second-order valence-corrected chi connectivity index (χ2v) is 6.86. The Labute approximate surface area is 151 Å². The molecule has 0 aromatic carbocycles. The molecule has 26 heavy (non-hydrogen) atoms. The number of fused-ring (bicyclic) bond motifs is 1. The number of hydrogen-bond acceptors (Lipinski definition) is 5. The van der Waals surface area contributed by atoms with E-state index in [0.717, 1.165) is 29.9 Å². The predicted molar refractivity (Wildman–Crippen MR) is 95.5 cm³/mol. The molecule has 0 aliphatic carbocycles. The molecule has 0 spiro atoms. The summed E-state index contributed by atoms with van der Waals surface area (Å²) >= 11 is 0. The van der Waals surface area contributed by atoms with Crippen molar-refractivity contribution in [2.75, 3.05) is 6.54 Å². The minimum Gasteiger partial charge on any atom is -0.387 e. The summed E-state index contributed by atoms with van der Waals surface area (Å²) in [6.07, 6.45) is 1.14. The summed E-state index contributed by atoms with van der Waals surface area (Å²) in [7, 11) is 0. The van der Waals surface area contributed by atoms with Gasteiger partial charge in [0, 0.05) is 30.9 Å². The quantitative estimate of drug-likeness (QED) is 0.847. The zero-order chi connectivity index (χ0) is 18.8. The highest BCUT2D eigenvalue weighted by Gasteiger charge is 2.22. The lowest BCUT2D eigenvalue weighted by molar-refractivity contribution is -0.131. The first kappa shape index (κ1) is 18.3. The summed E-state index contributed by atoms with van der Waals surface area (Å²) in [5, 5.41) is 14.1. The number of aromatic nitrogens is 4. The Bertz CT molecular complexity index is 842. The molecule has 2 aromatic heterocycles. The number of amides is 1. The predicted octanol–water partition coefficient (Wildman–Crippen LogP) is 1.00. The molecule has 1 amide bonds. The van der Waals surface area contributed by atoms with E-state index in [9.17, 15) is 14.7 Å². The van der Waals surface area contributed by atoms with E-state index in [1.54, 1.807) is 13.8 Å². The minimum absolute atomic E-state index is 0.0725. The van der Waals surface area contributed by atoms with Crippen molar-refractivity contribution in [1.82, 2.24) is 24.6 Å². The standard InChI is InChI=1S/C18H25N5O3/c1-11-15(12(2)20-18(26)19-11)5-6-17(25)22-7-4-8-23-14(10-22)9-16(21-23)13(3)24/h9,13,24H,4-8,10H2,1-3H3,(H,19,20,26)/t13-/m0/s1. The summed E-state index contributed by atoms with van der Waals surface area (Å²) in [5.41, 5.74) is 3.60. The topological polar surface area (TPSA) is 104 Å². The Hall–Kier alpha value is -2.48. The van der Waals surface area contributed by atoms with Gasteiger partial charge in [-0.25, -0.2) is 4.79 Å². The third kappa shape index (κ3) is 3.85. The Balaban J connectivity index is 1.69. The number of nitrogens with one attached hydrogen (secondary N) is 1. The van der Waals surface area contributed by atoms with Gasteiger partial charge < -0.3 is 15.0 Å².